The van der Waals surface area contributed by atoms with Crippen LogP contribution in [0, 0.1) is 13.8 Å². The van der Waals surface area contributed by atoms with Crippen molar-refractivity contribution >= 4 is 33.1 Å². The number of aryl methyl sites for hydroxylation is 4. The topological polar surface area (TPSA) is 34.0 Å². The summed E-state index contributed by atoms with van der Waals surface area (Å²) < 4.78 is 3.28. The van der Waals surface area contributed by atoms with Gasteiger partial charge in [0, 0.05) is 12.2 Å². The molecule has 0 unspecified atom stereocenters. The van der Waals surface area contributed by atoms with Crippen molar-refractivity contribution in [3.05, 3.63) is 88.4 Å². The van der Waals surface area contributed by atoms with E-state index in [4.69, 9.17) is 0 Å². The highest BCUT2D eigenvalue weighted by Gasteiger charge is 2.17. The molecule has 2 heterocycles. The number of hydrogen-bond acceptors (Lipinski definition) is 2. The fourth-order valence-electron chi connectivity index (χ4n) is 3.31. The third kappa shape index (κ3) is 3.67. The van der Waals surface area contributed by atoms with E-state index in [1.807, 2.05) is 30.3 Å². The summed E-state index contributed by atoms with van der Waals surface area (Å²) in [5.41, 5.74) is 6.34. The summed E-state index contributed by atoms with van der Waals surface area (Å²) in [6.07, 6.45) is 0.893. The summed E-state index contributed by atoms with van der Waals surface area (Å²) in [6, 6.07) is 20.5. The van der Waals surface area contributed by atoms with E-state index < -0.39 is 0 Å². The second kappa shape index (κ2) is 7.41. The van der Waals surface area contributed by atoms with Gasteiger partial charge in [-0.3, -0.25) is 4.79 Å². The Morgan fingerprint density at radius 1 is 1.00 bits per heavy atom. The van der Waals surface area contributed by atoms with Gasteiger partial charge in [-0.25, -0.2) is 0 Å². The normalized spacial score (nSPS) is 11.0. The van der Waals surface area contributed by atoms with Gasteiger partial charge in [0.15, 0.2) is 0 Å². The third-order valence-electron chi connectivity index (χ3n) is 4.99. The summed E-state index contributed by atoms with van der Waals surface area (Å²) in [6.45, 7) is 4.91. The van der Waals surface area contributed by atoms with Crippen molar-refractivity contribution in [1.82, 2.24) is 4.57 Å². The molecule has 27 heavy (non-hydrogen) atoms. The van der Waals surface area contributed by atoms with Gasteiger partial charge in [0.25, 0.3) is 5.91 Å². The maximum Gasteiger partial charge on any atom is 0.272 e. The van der Waals surface area contributed by atoms with Crippen LogP contribution in [-0.2, 0) is 13.0 Å². The minimum atomic E-state index is -0.0604. The standard InChI is InChI=1S/C23H22N2OS/c1-16-8-9-19(14-17(16)2)24-23(26)21-15-22-20(11-13-27-22)25(21)12-10-18-6-4-3-5-7-18/h3-9,11,13-15H,10,12H2,1-2H3,(H,24,26). The van der Waals surface area contributed by atoms with Gasteiger partial charge < -0.3 is 9.88 Å². The first kappa shape index (κ1) is 17.6. The fourth-order valence-corrected chi connectivity index (χ4v) is 4.13. The maximum atomic E-state index is 13.0. The molecule has 2 aromatic heterocycles. The lowest BCUT2D eigenvalue weighted by atomic mass is 10.1. The van der Waals surface area contributed by atoms with Crippen molar-refractivity contribution in [2.75, 3.05) is 5.32 Å². The minimum Gasteiger partial charge on any atom is -0.335 e. The highest BCUT2D eigenvalue weighted by Crippen LogP contribution is 2.26. The number of benzene rings is 2. The molecule has 0 fully saturated rings. The SMILES string of the molecule is Cc1ccc(NC(=O)c2cc3sccc3n2CCc2ccccc2)cc1C. The van der Waals surface area contributed by atoms with Gasteiger partial charge >= 0.3 is 0 Å². The van der Waals surface area contributed by atoms with E-state index in [-0.39, 0.29) is 5.91 Å². The van der Waals surface area contributed by atoms with Gasteiger partial charge in [0.2, 0.25) is 0 Å². The number of fused-ring (bicyclic) bond motifs is 1. The van der Waals surface area contributed by atoms with Crippen LogP contribution in [0.5, 0.6) is 0 Å². The van der Waals surface area contributed by atoms with E-state index >= 15 is 0 Å². The molecular formula is C23H22N2OS. The Balaban J connectivity index is 1.61. The number of nitrogens with one attached hydrogen (secondary N) is 1. The molecule has 4 aromatic rings. The van der Waals surface area contributed by atoms with Crippen molar-refractivity contribution in [1.29, 1.82) is 0 Å². The molecule has 0 atom stereocenters. The first-order chi connectivity index (χ1) is 13.1. The van der Waals surface area contributed by atoms with Crippen molar-refractivity contribution in [3.8, 4) is 0 Å². The molecule has 2 aromatic carbocycles. The third-order valence-corrected chi connectivity index (χ3v) is 5.84. The molecule has 0 aliphatic heterocycles. The van der Waals surface area contributed by atoms with Crippen molar-refractivity contribution in [2.45, 2.75) is 26.8 Å². The predicted molar refractivity (Wildman–Crippen MR) is 114 cm³/mol. The summed E-state index contributed by atoms with van der Waals surface area (Å²) in [7, 11) is 0. The van der Waals surface area contributed by atoms with E-state index in [0.29, 0.717) is 5.69 Å². The highest BCUT2D eigenvalue weighted by atomic mass is 32.1. The Kier molecular flexibility index (Phi) is 4.82. The summed E-state index contributed by atoms with van der Waals surface area (Å²) in [4.78, 5) is 13.0. The van der Waals surface area contributed by atoms with Crippen molar-refractivity contribution < 1.29 is 4.79 Å². The number of anilines is 1. The van der Waals surface area contributed by atoms with E-state index in [2.05, 4.69) is 59.4 Å². The maximum absolute atomic E-state index is 13.0. The molecule has 0 spiro atoms. The molecule has 4 rings (SSSR count). The quantitative estimate of drug-likeness (QED) is 0.469. The van der Waals surface area contributed by atoms with Crippen molar-refractivity contribution in [2.24, 2.45) is 0 Å². The van der Waals surface area contributed by atoms with Crippen LogP contribution in [0.15, 0.2) is 66.0 Å². The predicted octanol–water partition coefficient (Wildman–Crippen LogP) is 5.81. The van der Waals surface area contributed by atoms with Crippen molar-refractivity contribution in [3.63, 3.8) is 0 Å². The average molecular weight is 375 g/mol. The van der Waals surface area contributed by atoms with E-state index in [0.717, 1.165) is 28.9 Å². The summed E-state index contributed by atoms with van der Waals surface area (Å²) in [5, 5.41) is 5.14. The average Bonchev–Trinajstić information content (AvgIpc) is 3.25. The second-order valence-electron chi connectivity index (χ2n) is 6.84. The Labute approximate surface area is 163 Å². The van der Waals surface area contributed by atoms with Crippen LogP contribution in [0.2, 0.25) is 0 Å². The zero-order valence-corrected chi connectivity index (χ0v) is 16.3. The largest absolute Gasteiger partial charge is 0.335 e. The van der Waals surface area contributed by atoms with Gasteiger partial charge in [0.05, 0.1) is 10.2 Å². The van der Waals surface area contributed by atoms with Gasteiger partial charge in [0.1, 0.15) is 5.69 Å². The minimum absolute atomic E-state index is 0.0604. The van der Waals surface area contributed by atoms with E-state index in [9.17, 15) is 4.79 Å². The lowest BCUT2D eigenvalue weighted by Gasteiger charge is -2.12. The molecular weight excluding hydrogens is 352 g/mol. The smallest absolute Gasteiger partial charge is 0.272 e. The van der Waals surface area contributed by atoms with Crippen LogP contribution in [0.4, 0.5) is 5.69 Å². The Morgan fingerprint density at radius 2 is 1.81 bits per heavy atom. The van der Waals surface area contributed by atoms with Crippen LogP contribution >= 0.6 is 11.3 Å². The first-order valence-corrected chi connectivity index (χ1v) is 9.99. The van der Waals surface area contributed by atoms with Gasteiger partial charge in [-0.15, -0.1) is 11.3 Å². The van der Waals surface area contributed by atoms with Crippen LogP contribution in [0.25, 0.3) is 10.2 Å². The Morgan fingerprint density at radius 3 is 2.59 bits per heavy atom. The van der Waals surface area contributed by atoms with E-state index in [1.54, 1.807) is 11.3 Å². The number of carbonyl (C=O) groups excluding carboxylic acids is 1. The molecule has 0 saturated heterocycles. The zero-order chi connectivity index (χ0) is 18.8. The van der Waals surface area contributed by atoms with Crippen LogP contribution in [-0.4, -0.2) is 10.5 Å². The molecule has 0 aliphatic rings. The highest BCUT2D eigenvalue weighted by molar-refractivity contribution is 7.17. The molecule has 4 heteroatoms. The molecule has 0 bridgehead atoms. The fraction of sp³-hybridized carbons (Fsp3) is 0.174. The molecule has 1 N–H and O–H groups in total. The molecule has 0 saturated carbocycles. The van der Waals surface area contributed by atoms with Gasteiger partial charge in [-0.1, -0.05) is 36.4 Å². The molecule has 0 radical (unpaired) electrons. The number of thiophene rings is 1. The Hall–Kier alpha value is -2.85. The number of aromatic nitrogens is 1. The molecule has 3 nitrogen and oxygen atoms in total. The second-order valence-corrected chi connectivity index (χ2v) is 7.79. The monoisotopic (exact) mass is 374 g/mol. The molecule has 0 aliphatic carbocycles. The van der Waals surface area contributed by atoms with Gasteiger partial charge in [-0.05, 0) is 66.6 Å². The van der Waals surface area contributed by atoms with Gasteiger partial charge in [-0.2, -0.15) is 0 Å². The molecule has 1 amide bonds. The van der Waals surface area contributed by atoms with Crippen LogP contribution in [0.3, 0.4) is 0 Å². The number of hydrogen-bond donors (Lipinski definition) is 1. The molecule has 136 valence electrons. The zero-order valence-electron chi connectivity index (χ0n) is 15.5. The summed E-state index contributed by atoms with van der Waals surface area (Å²) in [5.74, 6) is -0.0604. The van der Waals surface area contributed by atoms with Crippen LogP contribution < -0.4 is 5.32 Å². The first-order valence-electron chi connectivity index (χ1n) is 9.11. The number of carbonyl (C=O) groups is 1. The lowest BCUT2D eigenvalue weighted by molar-refractivity contribution is 0.101. The van der Waals surface area contributed by atoms with Crippen LogP contribution in [0.1, 0.15) is 27.2 Å². The number of amides is 1. The van der Waals surface area contributed by atoms with E-state index in [1.165, 1.54) is 16.7 Å². The Bertz CT molecular complexity index is 1090. The number of rotatable bonds is 5. The summed E-state index contributed by atoms with van der Waals surface area (Å²) >= 11 is 1.67. The number of nitrogens with zero attached hydrogens (tertiary/aromatic N) is 1. The lowest BCUT2D eigenvalue weighted by Crippen LogP contribution is -2.18.